The second-order valence-electron chi connectivity index (χ2n) is 4.10. The van der Waals surface area contributed by atoms with Crippen LogP contribution >= 0.6 is 0 Å². The molecule has 1 aromatic heterocycles. The normalized spacial score (nSPS) is 10.4. The molecule has 17 heavy (non-hydrogen) atoms. The summed E-state index contributed by atoms with van der Waals surface area (Å²) < 4.78 is 5.08. The summed E-state index contributed by atoms with van der Waals surface area (Å²) in [6.45, 7) is 2.64. The molecule has 0 aliphatic heterocycles. The number of esters is 1. The lowest BCUT2D eigenvalue weighted by Gasteiger charge is -2.03. The third kappa shape index (κ3) is 4.89. The van der Waals surface area contributed by atoms with E-state index in [1.54, 1.807) is 0 Å². The monoisotopic (exact) mass is 239 g/mol. The van der Waals surface area contributed by atoms with E-state index >= 15 is 0 Å². The molecule has 0 saturated heterocycles. The van der Waals surface area contributed by atoms with E-state index in [0.29, 0.717) is 12.3 Å². The lowest BCUT2D eigenvalue weighted by atomic mass is 10.1. The summed E-state index contributed by atoms with van der Waals surface area (Å²) >= 11 is 0. The second kappa shape index (κ2) is 7.70. The molecule has 5 heteroatoms. The fraction of sp³-hybridized carbons (Fsp3) is 0.667. The van der Waals surface area contributed by atoms with Gasteiger partial charge in [-0.1, -0.05) is 39.0 Å². The van der Waals surface area contributed by atoms with E-state index in [4.69, 9.17) is 10.5 Å². The molecule has 0 aliphatic rings. The number of aromatic amines is 1. The molecule has 0 aromatic carbocycles. The Labute approximate surface area is 102 Å². The predicted molar refractivity (Wildman–Crippen MR) is 66.7 cm³/mol. The highest BCUT2D eigenvalue weighted by atomic mass is 16.5. The molecule has 0 unspecified atom stereocenters. The van der Waals surface area contributed by atoms with Crippen LogP contribution in [-0.4, -0.2) is 22.8 Å². The molecular formula is C12H21N3O2. The standard InChI is InChI=1S/C12H21N3O2/c1-2-3-4-5-6-7-8-17-12(16)11-10(13)9-14-15-11/h9H,2-8,13H2,1H3,(H,14,15). The summed E-state index contributed by atoms with van der Waals surface area (Å²) in [7, 11) is 0. The predicted octanol–water partition coefficient (Wildman–Crippen LogP) is 2.51. The number of unbranched alkanes of at least 4 members (excludes halogenated alkanes) is 5. The number of nitrogens with two attached hydrogens (primary N) is 1. The Morgan fingerprint density at radius 1 is 1.35 bits per heavy atom. The van der Waals surface area contributed by atoms with E-state index in [2.05, 4.69) is 17.1 Å². The third-order valence-electron chi connectivity index (χ3n) is 2.60. The first-order chi connectivity index (χ1) is 8.25. The van der Waals surface area contributed by atoms with Crippen molar-refractivity contribution in [2.45, 2.75) is 45.4 Å². The number of nitrogen functional groups attached to an aromatic ring is 1. The van der Waals surface area contributed by atoms with Crippen molar-refractivity contribution in [2.24, 2.45) is 0 Å². The molecule has 1 aromatic rings. The van der Waals surface area contributed by atoms with Gasteiger partial charge in [0.25, 0.3) is 0 Å². The number of aromatic nitrogens is 2. The van der Waals surface area contributed by atoms with Gasteiger partial charge >= 0.3 is 5.97 Å². The fourth-order valence-electron chi connectivity index (χ4n) is 1.58. The zero-order valence-corrected chi connectivity index (χ0v) is 10.4. The van der Waals surface area contributed by atoms with Gasteiger partial charge in [-0.15, -0.1) is 0 Å². The first kappa shape index (κ1) is 13.5. The van der Waals surface area contributed by atoms with Crippen molar-refractivity contribution in [1.82, 2.24) is 10.2 Å². The van der Waals surface area contributed by atoms with Crippen molar-refractivity contribution >= 4 is 11.7 Å². The van der Waals surface area contributed by atoms with E-state index in [0.717, 1.165) is 12.8 Å². The largest absolute Gasteiger partial charge is 0.461 e. The van der Waals surface area contributed by atoms with Gasteiger partial charge in [0.1, 0.15) is 0 Å². The molecule has 0 radical (unpaired) electrons. The van der Waals surface area contributed by atoms with Gasteiger partial charge < -0.3 is 10.5 Å². The minimum absolute atomic E-state index is 0.246. The maximum Gasteiger partial charge on any atom is 0.358 e. The van der Waals surface area contributed by atoms with Crippen molar-refractivity contribution < 1.29 is 9.53 Å². The maximum atomic E-state index is 11.5. The van der Waals surface area contributed by atoms with Crippen molar-refractivity contribution in [2.75, 3.05) is 12.3 Å². The molecular weight excluding hydrogens is 218 g/mol. The number of hydrogen-bond donors (Lipinski definition) is 2. The SMILES string of the molecule is CCCCCCCCOC(=O)c1[nH]ncc1N. The van der Waals surface area contributed by atoms with Crippen molar-refractivity contribution in [3.05, 3.63) is 11.9 Å². The number of ether oxygens (including phenoxy) is 1. The Morgan fingerprint density at radius 3 is 2.71 bits per heavy atom. The average Bonchev–Trinajstić information content (AvgIpc) is 2.74. The molecule has 0 amide bonds. The summed E-state index contributed by atoms with van der Waals surface area (Å²) in [4.78, 5) is 11.5. The molecule has 0 aliphatic carbocycles. The minimum Gasteiger partial charge on any atom is -0.461 e. The minimum atomic E-state index is -0.423. The number of carbonyl (C=O) groups excluding carboxylic acids is 1. The van der Waals surface area contributed by atoms with Gasteiger partial charge in [0.2, 0.25) is 0 Å². The van der Waals surface area contributed by atoms with Crippen LogP contribution in [0.15, 0.2) is 6.20 Å². The van der Waals surface area contributed by atoms with Gasteiger partial charge in [0.05, 0.1) is 18.5 Å². The van der Waals surface area contributed by atoms with E-state index in [1.165, 1.54) is 31.9 Å². The number of nitrogens with zero attached hydrogens (tertiary/aromatic N) is 1. The fourth-order valence-corrected chi connectivity index (χ4v) is 1.58. The van der Waals surface area contributed by atoms with Crippen LogP contribution in [0.3, 0.4) is 0 Å². The molecule has 0 atom stereocenters. The molecule has 0 fully saturated rings. The average molecular weight is 239 g/mol. The van der Waals surface area contributed by atoms with Crippen LogP contribution in [-0.2, 0) is 4.74 Å². The summed E-state index contributed by atoms with van der Waals surface area (Å²) in [5, 5.41) is 6.19. The highest BCUT2D eigenvalue weighted by Gasteiger charge is 2.12. The van der Waals surface area contributed by atoms with Crippen LogP contribution < -0.4 is 5.73 Å². The van der Waals surface area contributed by atoms with Gasteiger partial charge in [-0.25, -0.2) is 4.79 Å². The van der Waals surface area contributed by atoms with Crippen molar-refractivity contribution in [3.8, 4) is 0 Å². The molecule has 1 heterocycles. The molecule has 0 saturated carbocycles. The number of carbonyl (C=O) groups is 1. The summed E-state index contributed by atoms with van der Waals surface area (Å²) in [6, 6.07) is 0. The number of nitrogens with one attached hydrogen (secondary N) is 1. The summed E-state index contributed by atoms with van der Waals surface area (Å²) in [6.07, 6.45) is 8.41. The summed E-state index contributed by atoms with van der Waals surface area (Å²) in [5.74, 6) is -0.423. The first-order valence-electron chi connectivity index (χ1n) is 6.21. The number of anilines is 1. The third-order valence-corrected chi connectivity index (χ3v) is 2.60. The van der Waals surface area contributed by atoms with E-state index < -0.39 is 5.97 Å². The highest BCUT2D eigenvalue weighted by molar-refractivity contribution is 5.92. The highest BCUT2D eigenvalue weighted by Crippen LogP contribution is 2.09. The number of H-pyrrole nitrogens is 1. The van der Waals surface area contributed by atoms with Crippen LogP contribution in [0.25, 0.3) is 0 Å². The van der Waals surface area contributed by atoms with Crippen LogP contribution in [0.4, 0.5) is 5.69 Å². The van der Waals surface area contributed by atoms with Crippen LogP contribution in [0, 0.1) is 0 Å². The topological polar surface area (TPSA) is 81.0 Å². The number of rotatable bonds is 8. The van der Waals surface area contributed by atoms with Crippen LogP contribution in [0.5, 0.6) is 0 Å². The number of hydrogen-bond acceptors (Lipinski definition) is 4. The Kier molecular flexibility index (Phi) is 6.14. The molecule has 0 spiro atoms. The lowest BCUT2D eigenvalue weighted by Crippen LogP contribution is -2.09. The van der Waals surface area contributed by atoms with Gasteiger partial charge in [0, 0.05) is 0 Å². The zero-order valence-electron chi connectivity index (χ0n) is 10.4. The Morgan fingerprint density at radius 2 is 2.06 bits per heavy atom. The molecule has 3 N–H and O–H groups in total. The quantitative estimate of drug-likeness (QED) is 0.539. The maximum absolute atomic E-state index is 11.5. The van der Waals surface area contributed by atoms with E-state index in [9.17, 15) is 4.79 Å². The molecule has 0 bridgehead atoms. The summed E-state index contributed by atoms with van der Waals surface area (Å²) in [5.41, 5.74) is 6.11. The first-order valence-corrected chi connectivity index (χ1v) is 6.21. The van der Waals surface area contributed by atoms with Gasteiger partial charge in [0.15, 0.2) is 5.69 Å². The molecule has 96 valence electrons. The molecule has 5 nitrogen and oxygen atoms in total. The van der Waals surface area contributed by atoms with Gasteiger partial charge in [-0.05, 0) is 6.42 Å². The molecule has 1 rings (SSSR count). The van der Waals surface area contributed by atoms with Gasteiger partial charge in [-0.2, -0.15) is 5.10 Å². The lowest BCUT2D eigenvalue weighted by molar-refractivity contribution is 0.0492. The van der Waals surface area contributed by atoms with E-state index in [-0.39, 0.29) is 5.69 Å². The second-order valence-corrected chi connectivity index (χ2v) is 4.10. The Hall–Kier alpha value is -1.52. The van der Waals surface area contributed by atoms with Crippen molar-refractivity contribution in [1.29, 1.82) is 0 Å². The Balaban J connectivity index is 2.07. The Bertz CT molecular complexity index is 336. The smallest absolute Gasteiger partial charge is 0.358 e. The zero-order chi connectivity index (χ0) is 12.5. The van der Waals surface area contributed by atoms with Crippen LogP contribution in [0.2, 0.25) is 0 Å². The van der Waals surface area contributed by atoms with Crippen LogP contribution in [0.1, 0.15) is 55.9 Å². The van der Waals surface area contributed by atoms with E-state index in [1.807, 2.05) is 0 Å². The van der Waals surface area contributed by atoms with Gasteiger partial charge in [-0.3, -0.25) is 5.10 Å². The van der Waals surface area contributed by atoms with Crippen molar-refractivity contribution in [3.63, 3.8) is 0 Å².